The number of nitrogens with one attached hydrogen (secondary N) is 1. The van der Waals surface area contributed by atoms with Crippen molar-refractivity contribution in [3.05, 3.63) is 88.8 Å². The topological polar surface area (TPSA) is 43.0 Å². The van der Waals surface area contributed by atoms with Gasteiger partial charge < -0.3 is 19.2 Å². The predicted octanol–water partition coefficient (Wildman–Crippen LogP) is 4.95. The summed E-state index contributed by atoms with van der Waals surface area (Å²) in [5.41, 5.74) is 6.77. The molecule has 0 fully saturated rings. The van der Waals surface area contributed by atoms with E-state index >= 15 is 0 Å². The molecule has 3 aromatic carbocycles. The minimum Gasteiger partial charge on any atom is -0.497 e. The van der Waals surface area contributed by atoms with Crippen molar-refractivity contribution in [2.75, 3.05) is 31.9 Å². The molecule has 0 aliphatic carbocycles. The SMILES string of the molecule is COc1ccc(N(C/C(S)=C/c2ccc3c(c2)OCCO3)NCc2ccccc2)cc1. The van der Waals surface area contributed by atoms with Gasteiger partial charge in [0, 0.05) is 11.4 Å². The van der Waals surface area contributed by atoms with Gasteiger partial charge >= 0.3 is 0 Å². The third-order valence-corrected chi connectivity index (χ3v) is 5.19. The second-order valence-electron chi connectivity index (χ2n) is 7.14. The van der Waals surface area contributed by atoms with Crippen molar-refractivity contribution in [2.24, 2.45) is 0 Å². The Kier molecular flexibility index (Phi) is 7.02. The van der Waals surface area contributed by atoms with Crippen LogP contribution in [0, 0.1) is 0 Å². The summed E-state index contributed by atoms with van der Waals surface area (Å²) in [4.78, 5) is 0.910. The first kappa shape index (κ1) is 21.2. The van der Waals surface area contributed by atoms with Gasteiger partial charge in [0.05, 0.1) is 19.3 Å². The summed E-state index contributed by atoms with van der Waals surface area (Å²) < 4.78 is 16.6. The largest absolute Gasteiger partial charge is 0.497 e. The van der Waals surface area contributed by atoms with E-state index < -0.39 is 0 Å². The van der Waals surface area contributed by atoms with Crippen molar-refractivity contribution >= 4 is 24.4 Å². The molecule has 1 aliphatic heterocycles. The number of thiol groups is 1. The Hall–Kier alpha value is -3.09. The molecular formula is C25H26N2O3S. The van der Waals surface area contributed by atoms with E-state index in [0.29, 0.717) is 26.3 Å². The van der Waals surface area contributed by atoms with Crippen LogP contribution >= 0.6 is 12.6 Å². The van der Waals surface area contributed by atoms with Crippen LogP contribution in [-0.4, -0.2) is 26.9 Å². The van der Waals surface area contributed by atoms with E-state index in [1.807, 2.05) is 66.7 Å². The van der Waals surface area contributed by atoms with Crippen molar-refractivity contribution in [1.29, 1.82) is 0 Å². The number of methoxy groups -OCH3 is 1. The molecule has 6 heteroatoms. The zero-order valence-electron chi connectivity index (χ0n) is 17.5. The van der Waals surface area contributed by atoms with E-state index in [1.165, 1.54) is 5.56 Å². The van der Waals surface area contributed by atoms with Crippen LogP contribution in [0.2, 0.25) is 0 Å². The van der Waals surface area contributed by atoms with Gasteiger partial charge in [0.15, 0.2) is 11.5 Å². The van der Waals surface area contributed by atoms with Crippen molar-refractivity contribution in [3.8, 4) is 17.2 Å². The quantitative estimate of drug-likeness (QED) is 0.388. The van der Waals surface area contributed by atoms with E-state index in [0.717, 1.165) is 33.4 Å². The van der Waals surface area contributed by atoms with Crippen LogP contribution in [0.4, 0.5) is 5.69 Å². The predicted molar refractivity (Wildman–Crippen MR) is 128 cm³/mol. The summed E-state index contributed by atoms with van der Waals surface area (Å²) in [7, 11) is 1.67. The number of anilines is 1. The average molecular weight is 435 g/mol. The Labute approximate surface area is 188 Å². The summed E-state index contributed by atoms with van der Waals surface area (Å²) >= 11 is 4.76. The molecule has 1 aliphatic rings. The standard InChI is InChI=1S/C25H26N2O3S/c1-28-22-10-8-21(9-11-22)27(26-17-19-5-3-2-4-6-19)18-23(31)15-20-7-12-24-25(16-20)30-14-13-29-24/h2-12,15-16,26,31H,13-14,17-18H2,1H3/b23-15-. The van der Waals surface area contributed by atoms with Crippen LogP contribution < -0.4 is 24.6 Å². The maximum atomic E-state index is 5.69. The number of rotatable bonds is 8. The fourth-order valence-corrected chi connectivity index (χ4v) is 3.62. The van der Waals surface area contributed by atoms with E-state index in [4.69, 9.17) is 26.8 Å². The fourth-order valence-electron chi connectivity index (χ4n) is 3.33. The molecule has 4 rings (SSSR count). The van der Waals surface area contributed by atoms with Crippen LogP contribution in [0.3, 0.4) is 0 Å². The third-order valence-electron chi connectivity index (χ3n) is 4.92. The number of benzene rings is 3. The van der Waals surface area contributed by atoms with E-state index in [9.17, 15) is 0 Å². The number of ether oxygens (including phenoxy) is 3. The first-order valence-electron chi connectivity index (χ1n) is 10.2. The Balaban J connectivity index is 1.51. The maximum Gasteiger partial charge on any atom is 0.161 e. The van der Waals surface area contributed by atoms with Crippen molar-refractivity contribution in [2.45, 2.75) is 6.54 Å². The first-order chi connectivity index (χ1) is 15.2. The molecular weight excluding hydrogens is 408 g/mol. The van der Waals surface area contributed by atoms with E-state index in [1.54, 1.807) is 7.11 Å². The highest BCUT2D eigenvalue weighted by molar-refractivity contribution is 7.84. The first-order valence-corrected chi connectivity index (χ1v) is 10.6. The molecule has 0 saturated heterocycles. The smallest absolute Gasteiger partial charge is 0.161 e. The Morgan fingerprint density at radius 3 is 2.48 bits per heavy atom. The minimum atomic E-state index is 0.572. The van der Waals surface area contributed by atoms with E-state index in [-0.39, 0.29) is 0 Å². The lowest BCUT2D eigenvalue weighted by atomic mass is 10.1. The van der Waals surface area contributed by atoms with Gasteiger partial charge in [-0.1, -0.05) is 36.4 Å². The Bertz CT molecular complexity index is 1020. The number of hydrogen-bond acceptors (Lipinski definition) is 6. The number of hydrogen-bond donors (Lipinski definition) is 2. The van der Waals surface area contributed by atoms with Gasteiger partial charge in [0.2, 0.25) is 0 Å². The highest BCUT2D eigenvalue weighted by atomic mass is 32.1. The second kappa shape index (κ2) is 10.3. The monoisotopic (exact) mass is 434 g/mol. The highest BCUT2D eigenvalue weighted by Gasteiger charge is 2.12. The molecule has 0 radical (unpaired) electrons. The summed E-state index contributed by atoms with van der Waals surface area (Å²) in [6.45, 7) is 2.46. The lowest BCUT2D eigenvalue weighted by molar-refractivity contribution is 0.171. The zero-order valence-corrected chi connectivity index (χ0v) is 18.3. The minimum absolute atomic E-state index is 0.572. The van der Waals surface area contributed by atoms with Gasteiger partial charge in [-0.2, -0.15) is 0 Å². The summed E-state index contributed by atoms with van der Waals surface area (Å²) in [6.07, 6.45) is 2.04. The van der Waals surface area contributed by atoms with Crippen LogP contribution in [0.25, 0.3) is 6.08 Å². The van der Waals surface area contributed by atoms with Crippen molar-refractivity contribution < 1.29 is 14.2 Å². The zero-order chi connectivity index (χ0) is 21.5. The molecule has 3 aromatic rings. The van der Waals surface area contributed by atoms with Gasteiger partial charge in [-0.25, -0.2) is 5.43 Å². The molecule has 0 bridgehead atoms. The molecule has 0 aromatic heterocycles. The van der Waals surface area contributed by atoms with Gasteiger partial charge in [-0.15, -0.1) is 12.6 Å². The number of fused-ring (bicyclic) bond motifs is 1. The van der Waals surface area contributed by atoms with Crippen molar-refractivity contribution in [1.82, 2.24) is 5.43 Å². The number of nitrogens with zero attached hydrogens (tertiary/aromatic N) is 1. The lowest BCUT2D eigenvalue weighted by Gasteiger charge is -2.26. The molecule has 0 saturated carbocycles. The molecule has 0 spiro atoms. The fraction of sp³-hybridized carbons (Fsp3) is 0.200. The Morgan fingerprint density at radius 2 is 1.74 bits per heavy atom. The molecule has 1 heterocycles. The number of hydrazine groups is 1. The van der Waals surface area contributed by atoms with Crippen LogP contribution in [0.1, 0.15) is 11.1 Å². The molecule has 0 atom stereocenters. The summed E-state index contributed by atoms with van der Waals surface area (Å²) in [6, 6.07) is 24.2. The molecule has 5 nitrogen and oxygen atoms in total. The summed E-state index contributed by atoms with van der Waals surface area (Å²) in [5.74, 6) is 2.38. The molecule has 0 amide bonds. The maximum absolute atomic E-state index is 5.69. The average Bonchev–Trinajstić information content (AvgIpc) is 2.82. The van der Waals surface area contributed by atoms with Gasteiger partial charge in [0.1, 0.15) is 19.0 Å². The lowest BCUT2D eigenvalue weighted by Crippen LogP contribution is -2.38. The Morgan fingerprint density at radius 1 is 1.00 bits per heavy atom. The highest BCUT2D eigenvalue weighted by Crippen LogP contribution is 2.31. The van der Waals surface area contributed by atoms with Crippen LogP contribution in [0.15, 0.2) is 77.7 Å². The molecule has 160 valence electrons. The van der Waals surface area contributed by atoms with Crippen LogP contribution in [0.5, 0.6) is 17.2 Å². The van der Waals surface area contributed by atoms with Crippen LogP contribution in [-0.2, 0) is 6.54 Å². The van der Waals surface area contributed by atoms with Gasteiger partial charge in [0.25, 0.3) is 0 Å². The third kappa shape index (κ3) is 5.75. The second-order valence-corrected chi connectivity index (χ2v) is 7.72. The molecule has 31 heavy (non-hydrogen) atoms. The normalized spacial score (nSPS) is 13.0. The molecule has 0 unspecified atom stereocenters. The van der Waals surface area contributed by atoms with Crippen molar-refractivity contribution in [3.63, 3.8) is 0 Å². The summed E-state index contributed by atoms with van der Waals surface area (Å²) in [5, 5.41) is 2.09. The van der Waals surface area contributed by atoms with Gasteiger partial charge in [-0.05, 0) is 53.6 Å². The van der Waals surface area contributed by atoms with E-state index in [2.05, 4.69) is 22.6 Å². The molecule has 1 N–H and O–H groups in total. The van der Waals surface area contributed by atoms with Gasteiger partial charge in [-0.3, -0.25) is 0 Å².